The van der Waals surface area contributed by atoms with Crippen LogP contribution in [0.3, 0.4) is 0 Å². The Morgan fingerprint density at radius 1 is 0.636 bits per heavy atom. The quantitative estimate of drug-likeness (QED) is 0.516. The highest BCUT2D eigenvalue weighted by atomic mass is 28.3. The van der Waals surface area contributed by atoms with Gasteiger partial charge in [0.25, 0.3) is 0 Å². The molecule has 1 heteroatoms. The Labute approximate surface area is 196 Å². The summed E-state index contributed by atoms with van der Waals surface area (Å²) in [5, 5.41) is 5.94. The molecule has 0 heterocycles. The molecule has 7 rings (SSSR count). The predicted molar refractivity (Wildman–Crippen MR) is 143 cm³/mol. The van der Waals surface area contributed by atoms with E-state index in [-0.39, 0.29) is 0 Å². The molecule has 160 valence electrons. The van der Waals surface area contributed by atoms with Crippen molar-refractivity contribution in [1.82, 2.24) is 0 Å². The van der Waals surface area contributed by atoms with Crippen LogP contribution in [0.1, 0.15) is 27.8 Å². The van der Waals surface area contributed by atoms with Gasteiger partial charge >= 0.3 is 0 Å². The van der Waals surface area contributed by atoms with Crippen LogP contribution in [-0.2, 0) is 12.8 Å². The smallest absolute Gasteiger partial charge is 0.0715 e. The van der Waals surface area contributed by atoms with Crippen LogP contribution in [0, 0.1) is 0 Å². The molecule has 0 aromatic heterocycles. The molecule has 0 fully saturated rings. The molecule has 0 N–H and O–H groups in total. The molecule has 0 spiro atoms. The third kappa shape index (κ3) is 2.63. The Morgan fingerprint density at radius 3 is 1.64 bits per heavy atom. The first-order valence-corrected chi connectivity index (χ1v) is 15.4. The standard InChI is InChI=1S/C32H28Si/c1-33(2,32-28-17-9-7-13-24(28)25-14-8-10-18-29(25)32)21-19-30-26-15-5-3-11-22(26)23-12-4-6-16-27(23)31(30)20-21/h3-10,13-21,32H,11-12H2,1-2H3. The van der Waals surface area contributed by atoms with Crippen molar-refractivity contribution in [2.45, 2.75) is 37.0 Å². The number of fused-ring (bicyclic) bond motifs is 9. The summed E-state index contributed by atoms with van der Waals surface area (Å²) >= 11 is 0. The summed E-state index contributed by atoms with van der Waals surface area (Å²) in [6.45, 7) is 5.23. The van der Waals surface area contributed by atoms with E-state index in [4.69, 9.17) is 0 Å². The lowest BCUT2D eigenvalue weighted by Crippen LogP contribution is -2.51. The van der Waals surface area contributed by atoms with Crippen molar-refractivity contribution < 1.29 is 0 Å². The second-order valence-corrected chi connectivity index (χ2v) is 15.4. The van der Waals surface area contributed by atoms with Gasteiger partial charge in [-0.1, -0.05) is 110 Å². The molecule has 3 aromatic rings. The minimum absolute atomic E-state index is 0.519. The van der Waals surface area contributed by atoms with Gasteiger partial charge in [0, 0.05) is 5.54 Å². The first-order valence-electron chi connectivity index (χ1n) is 12.2. The summed E-state index contributed by atoms with van der Waals surface area (Å²) in [5.74, 6) is 0. The number of hydrogen-bond acceptors (Lipinski definition) is 0. The maximum Gasteiger partial charge on any atom is 0.0715 e. The minimum atomic E-state index is -1.80. The molecule has 0 saturated carbocycles. The van der Waals surface area contributed by atoms with Crippen LogP contribution < -0.4 is 20.9 Å². The summed E-state index contributed by atoms with van der Waals surface area (Å²) in [6, 6.07) is 18.3. The molecule has 33 heavy (non-hydrogen) atoms. The number of allylic oxidation sites excluding steroid dienone is 4. The van der Waals surface area contributed by atoms with E-state index in [1.807, 2.05) is 0 Å². The Kier molecular flexibility index (Phi) is 4.05. The highest BCUT2D eigenvalue weighted by Gasteiger charge is 2.44. The van der Waals surface area contributed by atoms with Crippen LogP contribution in [0.25, 0.3) is 35.4 Å². The van der Waals surface area contributed by atoms with Gasteiger partial charge in [0.2, 0.25) is 0 Å². The van der Waals surface area contributed by atoms with E-state index in [1.165, 1.54) is 32.0 Å². The van der Waals surface area contributed by atoms with E-state index in [2.05, 4.69) is 110 Å². The van der Waals surface area contributed by atoms with Crippen molar-refractivity contribution >= 4 is 32.4 Å². The largest absolute Gasteiger partial charge is 0.0801 e. The Hall–Kier alpha value is -3.16. The van der Waals surface area contributed by atoms with Gasteiger partial charge in [-0.2, -0.15) is 0 Å². The predicted octanol–water partition coefficient (Wildman–Crippen LogP) is 4.48. The molecule has 0 amide bonds. The van der Waals surface area contributed by atoms with Gasteiger partial charge in [0.15, 0.2) is 0 Å². The van der Waals surface area contributed by atoms with Crippen LogP contribution in [0.4, 0.5) is 0 Å². The van der Waals surface area contributed by atoms with Crippen LogP contribution >= 0.6 is 0 Å². The van der Waals surface area contributed by atoms with E-state index < -0.39 is 8.07 Å². The second kappa shape index (κ2) is 6.92. The lowest BCUT2D eigenvalue weighted by molar-refractivity contribution is 1.08. The first-order chi connectivity index (χ1) is 16.1. The molecule has 0 aliphatic heterocycles. The molecule has 0 atom stereocenters. The average Bonchev–Trinajstić information content (AvgIpc) is 3.46. The summed E-state index contributed by atoms with van der Waals surface area (Å²) in [4.78, 5) is 0. The fourth-order valence-electron chi connectivity index (χ4n) is 6.83. The summed E-state index contributed by atoms with van der Waals surface area (Å²) < 4.78 is 0. The zero-order valence-corrected chi connectivity index (χ0v) is 20.3. The highest BCUT2D eigenvalue weighted by Crippen LogP contribution is 2.52. The topological polar surface area (TPSA) is 0 Å². The van der Waals surface area contributed by atoms with Crippen LogP contribution in [0.5, 0.6) is 0 Å². The summed E-state index contributed by atoms with van der Waals surface area (Å²) in [7, 11) is -1.80. The minimum Gasteiger partial charge on any atom is -0.0801 e. The van der Waals surface area contributed by atoms with Crippen molar-refractivity contribution in [2.75, 3.05) is 0 Å². The zero-order chi connectivity index (χ0) is 22.2. The molecular formula is C32H28Si. The molecule has 0 nitrogen and oxygen atoms in total. The summed E-state index contributed by atoms with van der Waals surface area (Å²) in [5.41, 5.74) is 10.1. The van der Waals surface area contributed by atoms with Crippen LogP contribution in [0.2, 0.25) is 18.6 Å². The van der Waals surface area contributed by atoms with Crippen molar-refractivity contribution in [1.29, 1.82) is 0 Å². The van der Waals surface area contributed by atoms with Gasteiger partial charge in [0.05, 0.1) is 8.07 Å². The first kappa shape index (κ1) is 19.3. The van der Waals surface area contributed by atoms with Crippen molar-refractivity contribution in [2.24, 2.45) is 0 Å². The Bertz CT molecular complexity index is 1530. The monoisotopic (exact) mass is 440 g/mol. The van der Waals surface area contributed by atoms with E-state index in [0.717, 1.165) is 12.8 Å². The van der Waals surface area contributed by atoms with E-state index >= 15 is 0 Å². The molecule has 4 aliphatic rings. The Morgan fingerprint density at radius 2 is 1.12 bits per heavy atom. The van der Waals surface area contributed by atoms with Gasteiger partial charge in [-0.15, -0.1) is 0 Å². The number of hydrogen-bond donors (Lipinski definition) is 0. The maximum absolute atomic E-state index is 2.64. The van der Waals surface area contributed by atoms with Gasteiger partial charge < -0.3 is 0 Å². The molecule has 0 bridgehead atoms. The van der Waals surface area contributed by atoms with Crippen molar-refractivity contribution in [3.63, 3.8) is 0 Å². The number of benzene rings is 3. The maximum atomic E-state index is 2.64. The molecular weight excluding hydrogens is 412 g/mol. The molecule has 3 aromatic carbocycles. The van der Waals surface area contributed by atoms with Crippen LogP contribution in [-0.4, -0.2) is 8.07 Å². The van der Waals surface area contributed by atoms with Gasteiger partial charge in [-0.3, -0.25) is 0 Å². The summed E-state index contributed by atoms with van der Waals surface area (Å²) in [6.07, 6.45) is 21.3. The molecule has 0 radical (unpaired) electrons. The Balaban J connectivity index is 1.47. The van der Waals surface area contributed by atoms with Gasteiger partial charge in [-0.25, -0.2) is 0 Å². The fraction of sp³-hybridized carbons (Fsp3) is 0.188. The van der Waals surface area contributed by atoms with E-state index in [0.29, 0.717) is 11.1 Å². The fourth-order valence-corrected chi connectivity index (χ4v) is 10.5. The third-order valence-corrected chi connectivity index (χ3v) is 12.6. The molecule has 4 aliphatic carbocycles. The van der Waals surface area contributed by atoms with Crippen LogP contribution in [0.15, 0.2) is 72.8 Å². The van der Waals surface area contributed by atoms with E-state index in [9.17, 15) is 0 Å². The van der Waals surface area contributed by atoms with E-state index in [1.54, 1.807) is 22.3 Å². The average molecular weight is 441 g/mol. The number of rotatable bonds is 2. The van der Waals surface area contributed by atoms with Crippen molar-refractivity contribution in [3.8, 4) is 11.1 Å². The third-order valence-electron chi connectivity index (χ3n) is 8.46. The lowest BCUT2D eigenvalue weighted by atomic mass is 9.90. The SMILES string of the molecule is C[Si](C)(C1C=c2c3c(c4c(c2=C1)=CC=CC4)CC=CC=3)C1c2ccccc2-c2ccccc21. The highest BCUT2D eigenvalue weighted by molar-refractivity contribution is 6.83. The lowest BCUT2D eigenvalue weighted by Gasteiger charge is -2.35. The second-order valence-electron chi connectivity index (χ2n) is 10.5. The van der Waals surface area contributed by atoms with Gasteiger partial charge in [-0.05, 0) is 72.6 Å². The zero-order valence-electron chi connectivity index (χ0n) is 19.3. The van der Waals surface area contributed by atoms with Gasteiger partial charge in [0.1, 0.15) is 0 Å². The normalized spacial score (nSPS) is 17.6. The van der Waals surface area contributed by atoms with Crippen molar-refractivity contribution in [3.05, 3.63) is 116 Å². The molecule has 0 unspecified atom stereocenters. The molecule has 0 saturated heterocycles.